The summed E-state index contributed by atoms with van der Waals surface area (Å²) in [6, 6.07) is 20.4. The predicted molar refractivity (Wildman–Crippen MR) is 120 cm³/mol. The van der Waals surface area contributed by atoms with Crippen LogP contribution in [0.5, 0.6) is 11.5 Å². The van der Waals surface area contributed by atoms with Crippen LogP contribution in [0.2, 0.25) is 5.02 Å². The van der Waals surface area contributed by atoms with Crippen molar-refractivity contribution in [2.45, 2.75) is 13.8 Å². The molecule has 0 radical (unpaired) electrons. The van der Waals surface area contributed by atoms with Gasteiger partial charge in [0, 0.05) is 5.56 Å². The number of rotatable bonds is 6. The molecule has 0 aliphatic heterocycles. The van der Waals surface area contributed by atoms with E-state index in [4.69, 9.17) is 25.5 Å². The van der Waals surface area contributed by atoms with Gasteiger partial charge in [0.25, 0.3) is 0 Å². The minimum Gasteiger partial charge on any atom is -0.490 e. The summed E-state index contributed by atoms with van der Waals surface area (Å²) >= 11 is 6.38. The van der Waals surface area contributed by atoms with Crippen molar-refractivity contribution in [3.63, 3.8) is 0 Å². The van der Waals surface area contributed by atoms with Gasteiger partial charge in [-0.3, -0.25) is 4.79 Å². The Kier molecular flexibility index (Phi) is 5.77. The molecule has 0 aliphatic carbocycles. The first-order valence-corrected chi connectivity index (χ1v) is 10.1. The van der Waals surface area contributed by atoms with E-state index >= 15 is 0 Å². The molecule has 0 atom stereocenters. The summed E-state index contributed by atoms with van der Waals surface area (Å²) in [6.07, 6.45) is 0. The number of halogens is 1. The standard InChI is InChI=1S/C25H21ClO4/c1-16-7-10-18(11-8-16)28-13-14-29-25-23(27)20-12-9-17(2)15-22(20)30-24(25)19-5-3-4-6-21(19)26/h3-12,15H,13-14H2,1-2H3. The fraction of sp³-hybridized carbons (Fsp3) is 0.160. The maximum atomic E-state index is 13.2. The Labute approximate surface area is 179 Å². The summed E-state index contributed by atoms with van der Waals surface area (Å²) in [4.78, 5) is 13.2. The smallest absolute Gasteiger partial charge is 0.235 e. The first-order valence-electron chi connectivity index (χ1n) is 9.67. The lowest BCUT2D eigenvalue weighted by molar-refractivity contribution is 0.214. The number of hydrogen-bond donors (Lipinski definition) is 0. The second-order valence-electron chi connectivity index (χ2n) is 7.08. The third-order valence-corrected chi connectivity index (χ3v) is 5.07. The first kappa shape index (κ1) is 20.0. The van der Waals surface area contributed by atoms with Crippen molar-refractivity contribution in [1.82, 2.24) is 0 Å². The highest BCUT2D eigenvalue weighted by atomic mass is 35.5. The summed E-state index contributed by atoms with van der Waals surface area (Å²) in [6.45, 7) is 4.44. The molecule has 0 N–H and O–H groups in total. The maximum Gasteiger partial charge on any atom is 0.235 e. The maximum absolute atomic E-state index is 13.2. The van der Waals surface area contributed by atoms with Gasteiger partial charge in [-0.2, -0.15) is 0 Å². The topological polar surface area (TPSA) is 48.7 Å². The van der Waals surface area contributed by atoms with E-state index in [-0.39, 0.29) is 24.4 Å². The molecular formula is C25H21ClO4. The Balaban J connectivity index is 1.66. The van der Waals surface area contributed by atoms with E-state index in [1.54, 1.807) is 18.2 Å². The molecule has 0 unspecified atom stereocenters. The molecule has 4 aromatic rings. The van der Waals surface area contributed by atoms with Crippen LogP contribution in [0.15, 0.2) is 75.9 Å². The van der Waals surface area contributed by atoms with Crippen LogP contribution in [0, 0.1) is 13.8 Å². The second kappa shape index (κ2) is 8.64. The summed E-state index contributed by atoms with van der Waals surface area (Å²) < 4.78 is 17.7. The average molecular weight is 421 g/mol. The van der Waals surface area contributed by atoms with Crippen LogP contribution >= 0.6 is 11.6 Å². The number of aryl methyl sites for hydroxylation is 2. The van der Waals surface area contributed by atoms with E-state index in [2.05, 4.69) is 0 Å². The van der Waals surface area contributed by atoms with Gasteiger partial charge in [0.2, 0.25) is 11.2 Å². The van der Waals surface area contributed by atoms with Crippen molar-refractivity contribution < 1.29 is 13.9 Å². The van der Waals surface area contributed by atoms with Crippen molar-refractivity contribution in [1.29, 1.82) is 0 Å². The normalized spacial score (nSPS) is 10.9. The zero-order valence-electron chi connectivity index (χ0n) is 16.8. The summed E-state index contributed by atoms with van der Waals surface area (Å²) in [5, 5.41) is 0.944. The average Bonchev–Trinajstić information content (AvgIpc) is 2.74. The van der Waals surface area contributed by atoms with Crippen LogP contribution in [0.4, 0.5) is 0 Å². The number of benzene rings is 3. The summed E-state index contributed by atoms with van der Waals surface area (Å²) in [5.41, 5.74) is 3.02. The molecule has 0 saturated carbocycles. The van der Waals surface area contributed by atoms with Crippen molar-refractivity contribution in [2.75, 3.05) is 13.2 Å². The van der Waals surface area contributed by atoms with Crippen LogP contribution in [-0.2, 0) is 0 Å². The molecule has 5 heteroatoms. The molecule has 4 nitrogen and oxygen atoms in total. The van der Waals surface area contributed by atoms with Gasteiger partial charge in [0.15, 0.2) is 5.76 Å². The third-order valence-electron chi connectivity index (χ3n) is 4.74. The lowest BCUT2D eigenvalue weighted by atomic mass is 10.1. The van der Waals surface area contributed by atoms with E-state index in [1.807, 2.05) is 62.4 Å². The largest absolute Gasteiger partial charge is 0.490 e. The Morgan fingerprint density at radius 3 is 2.33 bits per heavy atom. The molecular weight excluding hydrogens is 400 g/mol. The van der Waals surface area contributed by atoms with Gasteiger partial charge < -0.3 is 13.9 Å². The quantitative estimate of drug-likeness (QED) is 0.349. The van der Waals surface area contributed by atoms with E-state index in [9.17, 15) is 4.79 Å². The zero-order chi connectivity index (χ0) is 21.1. The Bertz CT molecular complexity index is 1240. The molecule has 0 amide bonds. The van der Waals surface area contributed by atoms with Crippen molar-refractivity contribution in [3.8, 4) is 22.8 Å². The van der Waals surface area contributed by atoms with Crippen LogP contribution in [0.25, 0.3) is 22.3 Å². The lowest BCUT2D eigenvalue weighted by Crippen LogP contribution is -2.15. The Hall–Kier alpha value is -3.24. The SMILES string of the molecule is Cc1ccc(OCCOc2c(-c3ccccc3Cl)oc3cc(C)ccc3c2=O)cc1. The number of ether oxygens (including phenoxy) is 2. The van der Waals surface area contributed by atoms with Crippen LogP contribution in [0.3, 0.4) is 0 Å². The minimum absolute atomic E-state index is 0.131. The van der Waals surface area contributed by atoms with Crippen LogP contribution in [-0.4, -0.2) is 13.2 Å². The molecule has 0 saturated heterocycles. The molecule has 152 valence electrons. The van der Waals surface area contributed by atoms with Gasteiger partial charge >= 0.3 is 0 Å². The highest BCUT2D eigenvalue weighted by molar-refractivity contribution is 6.33. The van der Waals surface area contributed by atoms with Crippen molar-refractivity contribution >= 4 is 22.6 Å². The molecule has 0 aliphatic rings. The molecule has 3 aromatic carbocycles. The summed E-state index contributed by atoms with van der Waals surface area (Å²) in [7, 11) is 0. The molecule has 0 bridgehead atoms. The van der Waals surface area contributed by atoms with Gasteiger partial charge in [-0.05, 0) is 55.8 Å². The fourth-order valence-electron chi connectivity index (χ4n) is 3.17. The Morgan fingerprint density at radius 1 is 0.867 bits per heavy atom. The lowest BCUT2D eigenvalue weighted by Gasteiger charge is -2.13. The minimum atomic E-state index is -0.235. The molecule has 0 fully saturated rings. The van der Waals surface area contributed by atoms with Gasteiger partial charge in [-0.15, -0.1) is 0 Å². The highest BCUT2D eigenvalue weighted by Crippen LogP contribution is 2.35. The highest BCUT2D eigenvalue weighted by Gasteiger charge is 2.19. The van der Waals surface area contributed by atoms with E-state index in [0.29, 0.717) is 27.3 Å². The second-order valence-corrected chi connectivity index (χ2v) is 7.49. The fourth-order valence-corrected chi connectivity index (χ4v) is 3.40. The van der Waals surface area contributed by atoms with Crippen molar-refractivity contribution in [3.05, 3.63) is 93.1 Å². The van der Waals surface area contributed by atoms with Gasteiger partial charge in [-0.25, -0.2) is 0 Å². The summed E-state index contributed by atoms with van der Waals surface area (Å²) in [5.74, 6) is 1.20. The predicted octanol–water partition coefficient (Wildman–Crippen LogP) is 6.19. The van der Waals surface area contributed by atoms with Crippen LogP contribution in [0.1, 0.15) is 11.1 Å². The third kappa shape index (κ3) is 4.19. The zero-order valence-corrected chi connectivity index (χ0v) is 17.5. The van der Waals surface area contributed by atoms with Gasteiger partial charge in [0.1, 0.15) is 24.5 Å². The molecule has 1 aromatic heterocycles. The molecule has 0 spiro atoms. The van der Waals surface area contributed by atoms with Gasteiger partial charge in [0.05, 0.1) is 10.4 Å². The molecule has 30 heavy (non-hydrogen) atoms. The Morgan fingerprint density at radius 2 is 1.57 bits per heavy atom. The van der Waals surface area contributed by atoms with E-state index in [0.717, 1.165) is 16.9 Å². The number of fused-ring (bicyclic) bond motifs is 1. The monoisotopic (exact) mass is 420 g/mol. The first-order chi connectivity index (χ1) is 14.5. The van der Waals surface area contributed by atoms with E-state index < -0.39 is 0 Å². The molecule has 1 heterocycles. The van der Waals surface area contributed by atoms with Gasteiger partial charge in [-0.1, -0.05) is 47.5 Å². The van der Waals surface area contributed by atoms with Crippen molar-refractivity contribution in [2.24, 2.45) is 0 Å². The van der Waals surface area contributed by atoms with Crippen LogP contribution < -0.4 is 14.9 Å². The van der Waals surface area contributed by atoms with E-state index in [1.165, 1.54) is 0 Å². The number of hydrogen-bond acceptors (Lipinski definition) is 4. The molecule has 4 rings (SSSR count).